The van der Waals surface area contributed by atoms with E-state index in [1.165, 1.54) is 5.56 Å². The number of anilines is 1. The molecule has 1 atom stereocenters. The molecule has 1 unspecified atom stereocenters. The second-order valence-electron chi connectivity index (χ2n) is 6.31. The van der Waals surface area contributed by atoms with Gasteiger partial charge in [-0.1, -0.05) is 31.0 Å². The van der Waals surface area contributed by atoms with Gasteiger partial charge >= 0.3 is 6.03 Å². The van der Waals surface area contributed by atoms with E-state index >= 15 is 0 Å². The van der Waals surface area contributed by atoms with Gasteiger partial charge in [0.05, 0.1) is 29.3 Å². The molecule has 2 aromatic rings. The lowest BCUT2D eigenvalue weighted by Crippen LogP contribution is -2.39. The highest BCUT2D eigenvalue weighted by molar-refractivity contribution is 5.91. The van der Waals surface area contributed by atoms with E-state index in [1.807, 2.05) is 35.9 Å². The van der Waals surface area contributed by atoms with Gasteiger partial charge in [0.1, 0.15) is 0 Å². The van der Waals surface area contributed by atoms with E-state index in [1.54, 1.807) is 6.20 Å². The number of nitrogens with zero attached hydrogens (tertiary/aromatic N) is 2. The van der Waals surface area contributed by atoms with Gasteiger partial charge in [-0.25, -0.2) is 9.48 Å². The van der Waals surface area contributed by atoms with E-state index in [9.17, 15) is 9.59 Å². The Morgan fingerprint density at radius 2 is 2.12 bits per heavy atom. The Kier molecular flexibility index (Phi) is 5.02. The standard InChI is InChI=1S/C18H23N5O2/c1-3-4-16-15(22-18(25)21-13-9-17(24)19-10-13)11-20-23(16)14-7-5-12(2)6-8-14/h5-8,11,13H,3-4,9-10H2,1-2H3,(H,19,24)(H2,21,22,25). The molecule has 7 heteroatoms. The quantitative estimate of drug-likeness (QED) is 0.778. The molecular weight excluding hydrogens is 318 g/mol. The fraction of sp³-hybridized carbons (Fsp3) is 0.389. The van der Waals surface area contributed by atoms with Crippen LogP contribution in [0.1, 0.15) is 31.0 Å². The molecule has 1 aliphatic heterocycles. The third kappa shape index (κ3) is 3.99. The molecule has 7 nitrogen and oxygen atoms in total. The second kappa shape index (κ2) is 7.38. The van der Waals surface area contributed by atoms with Crippen molar-refractivity contribution in [2.45, 2.75) is 39.2 Å². The number of hydrogen-bond acceptors (Lipinski definition) is 3. The van der Waals surface area contributed by atoms with Gasteiger partial charge in [-0.3, -0.25) is 4.79 Å². The molecule has 0 bridgehead atoms. The molecule has 0 aliphatic carbocycles. The van der Waals surface area contributed by atoms with Crippen molar-refractivity contribution in [3.05, 3.63) is 41.7 Å². The van der Waals surface area contributed by atoms with Gasteiger partial charge in [-0.2, -0.15) is 5.10 Å². The average Bonchev–Trinajstić information content (AvgIpc) is 3.16. The summed E-state index contributed by atoms with van der Waals surface area (Å²) in [6, 6.07) is 7.62. The molecule has 1 aliphatic rings. The third-order valence-corrected chi connectivity index (χ3v) is 4.20. The van der Waals surface area contributed by atoms with Crippen LogP contribution < -0.4 is 16.0 Å². The Morgan fingerprint density at radius 1 is 1.36 bits per heavy atom. The third-order valence-electron chi connectivity index (χ3n) is 4.20. The number of carbonyl (C=O) groups is 2. The summed E-state index contributed by atoms with van der Waals surface area (Å²) < 4.78 is 1.86. The van der Waals surface area contributed by atoms with Crippen molar-refractivity contribution in [1.82, 2.24) is 20.4 Å². The Labute approximate surface area is 146 Å². The van der Waals surface area contributed by atoms with E-state index in [2.05, 4.69) is 28.0 Å². The maximum atomic E-state index is 12.2. The monoisotopic (exact) mass is 341 g/mol. The lowest BCUT2D eigenvalue weighted by atomic mass is 10.2. The number of amides is 3. The zero-order valence-corrected chi connectivity index (χ0v) is 14.5. The number of rotatable bonds is 5. The molecule has 0 spiro atoms. The lowest BCUT2D eigenvalue weighted by molar-refractivity contribution is -0.119. The van der Waals surface area contributed by atoms with Gasteiger partial charge in [-0.05, 0) is 25.5 Å². The van der Waals surface area contributed by atoms with Crippen LogP contribution in [0.2, 0.25) is 0 Å². The Balaban J connectivity index is 1.75. The molecule has 0 saturated carbocycles. The molecule has 3 N–H and O–H groups in total. The zero-order valence-electron chi connectivity index (χ0n) is 14.5. The van der Waals surface area contributed by atoms with Crippen LogP contribution in [0, 0.1) is 6.92 Å². The minimum absolute atomic E-state index is 0.0378. The van der Waals surface area contributed by atoms with E-state index in [0.717, 1.165) is 24.2 Å². The Bertz CT molecular complexity index is 766. The largest absolute Gasteiger partial charge is 0.354 e. The van der Waals surface area contributed by atoms with Crippen LogP contribution in [0.15, 0.2) is 30.5 Å². The minimum Gasteiger partial charge on any atom is -0.354 e. The van der Waals surface area contributed by atoms with Crippen LogP contribution in [0.4, 0.5) is 10.5 Å². The summed E-state index contributed by atoms with van der Waals surface area (Å²) in [6.45, 7) is 4.60. The number of hydrogen-bond donors (Lipinski definition) is 3. The first kappa shape index (κ1) is 17.0. The van der Waals surface area contributed by atoms with Gasteiger partial charge in [-0.15, -0.1) is 0 Å². The second-order valence-corrected chi connectivity index (χ2v) is 6.31. The molecule has 1 fully saturated rings. The van der Waals surface area contributed by atoms with Crippen molar-refractivity contribution in [1.29, 1.82) is 0 Å². The molecule has 3 amide bonds. The molecule has 25 heavy (non-hydrogen) atoms. The predicted octanol–water partition coefficient (Wildman–Crippen LogP) is 2.14. The summed E-state index contributed by atoms with van der Waals surface area (Å²) in [5.41, 5.74) is 3.80. The summed E-state index contributed by atoms with van der Waals surface area (Å²) >= 11 is 0. The average molecular weight is 341 g/mol. The maximum Gasteiger partial charge on any atom is 0.319 e. The predicted molar refractivity (Wildman–Crippen MR) is 95.9 cm³/mol. The van der Waals surface area contributed by atoms with E-state index in [0.29, 0.717) is 18.7 Å². The molecule has 3 rings (SSSR count). The number of carbonyl (C=O) groups excluding carboxylic acids is 2. The van der Waals surface area contributed by atoms with Gasteiger partial charge in [0.2, 0.25) is 5.91 Å². The zero-order chi connectivity index (χ0) is 17.8. The van der Waals surface area contributed by atoms with Gasteiger partial charge in [0, 0.05) is 13.0 Å². The van der Waals surface area contributed by atoms with Crippen LogP contribution >= 0.6 is 0 Å². The van der Waals surface area contributed by atoms with Crippen LogP contribution in [0.5, 0.6) is 0 Å². The van der Waals surface area contributed by atoms with Crippen molar-refractivity contribution < 1.29 is 9.59 Å². The minimum atomic E-state index is -0.317. The number of aryl methyl sites for hydroxylation is 1. The van der Waals surface area contributed by atoms with Crippen molar-refractivity contribution >= 4 is 17.6 Å². The number of nitrogens with one attached hydrogen (secondary N) is 3. The fourth-order valence-corrected chi connectivity index (χ4v) is 2.92. The highest BCUT2D eigenvalue weighted by Gasteiger charge is 2.23. The van der Waals surface area contributed by atoms with Gasteiger partial charge in [0.25, 0.3) is 0 Å². The first-order valence-electron chi connectivity index (χ1n) is 8.55. The van der Waals surface area contributed by atoms with Crippen LogP contribution in [0.3, 0.4) is 0 Å². The summed E-state index contributed by atoms with van der Waals surface area (Å²) in [5.74, 6) is -0.0378. The molecule has 2 heterocycles. The summed E-state index contributed by atoms with van der Waals surface area (Å²) in [7, 11) is 0. The molecule has 132 valence electrons. The first-order valence-corrected chi connectivity index (χ1v) is 8.55. The summed E-state index contributed by atoms with van der Waals surface area (Å²) in [5, 5.41) is 12.8. The molecular formula is C18H23N5O2. The molecule has 1 aromatic heterocycles. The molecule has 1 saturated heterocycles. The van der Waals surface area contributed by atoms with Crippen LogP contribution in [-0.4, -0.2) is 34.3 Å². The van der Waals surface area contributed by atoms with Crippen molar-refractivity contribution in [3.63, 3.8) is 0 Å². The summed E-state index contributed by atoms with van der Waals surface area (Å²) in [6.07, 6.45) is 3.72. The smallest absolute Gasteiger partial charge is 0.319 e. The van der Waals surface area contributed by atoms with Crippen molar-refractivity contribution in [3.8, 4) is 5.69 Å². The number of benzene rings is 1. The van der Waals surface area contributed by atoms with Crippen molar-refractivity contribution in [2.24, 2.45) is 0 Å². The molecule has 1 aromatic carbocycles. The van der Waals surface area contributed by atoms with Gasteiger partial charge in [0.15, 0.2) is 0 Å². The maximum absolute atomic E-state index is 12.2. The number of aromatic nitrogens is 2. The first-order chi connectivity index (χ1) is 12.1. The normalized spacial score (nSPS) is 16.6. The highest BCUT2D eigenvalue weighted by Crippen LogP contribution is 2.21. The number of urea groups is 1. The van der Waals surface area contributed by atoms with Crippen LogP contribution in [-0.2, 0) is 11.2 Å². The van der Waals surface area contributed by atoms with E-state index in [-0.39, 0.29) is 18.0 Å². The fourth-order valence-electron chi connectivity index (χ4n) is 2.92. The lowest BCUT2D eigenvalue weighted by Gasteiger charge is -2.13. The Hall–Kier alpha value is -2.83. The summed E-state index contributed by atoms with van der Waals surface area (Å²) in [4.78, 5) is 23.4. The Morgan fingerprint density at radius 3 is 2.76 bits per heavy atom. The van der Waals surface area contributed by atoms with E-state index in [4.69, 9.17) is 0 Å². The van der Waals surface area contributed by atoms with Gasteiger partial charge < -0.3 is 16.0 Å². The SMILES string of the molecule is CCCc1c(NC(=O)NC2CNC(=O)C2)cnn1-c1ccc(C)cc1. The highest BCUT2D eigenvalue weighted by atomic mass is 16.2. The van der Waals surface area contributed by atoms with E-state index < -0.39 is 0 Å². The molecule has 0 radical (unpaired) electrons. The van der Waals surface area contributed by atoms with Crippen LogP contribution in [0.25, 0.3) is 5.69 Å². The topological polar surface area (TPSA) is 88.1 Å². The van der Waals surface area contributed by atoms with Crippen molar-refractivity contribution in [2.75, 3.05) is 11.9 Å².